The maximum atomic E-state index is 12.1. The molecule has 0 atom stereocenters. The van der Waals surface area contributed by atoms with Crippen molar-refractivity contribution in [3.8, 4) is 5.75 Å². The van der Waals surface area contributed by atoms with Crippen molar-refractivity contribution >= 4 is 27.3 Å². The summed E-state index contributed by atoms with van der Waals surface area (Å²) < 4.78 is 30.7. The van der Waals surface area contributed by atoms with Crippen LogP contribution in [-0.4, -0.2) is 38.2 Å². The molecule has 26 heavy (non-hydrogen) atoms. The van der Waals surface area contributed by atoms with Gasteiger partial charge in [-0.15, -0.1) is 0 Å². The van der Waals surface area contributed by atoms with Crippen LogP contribution in [0.2, 0.25) is 0 Å². The Balaban J connectivity index is 2.49. The molecule has 0 bridgehead atoms. The molecule has 1 aromatic carbocycles. The molecule has 2 rings (SSSR count). The average Bonchev–Trinajstić information content (AvgIpc) is 2.83. The first-order chi connectivity index (χ1) is 12.2. The summed E-state index contributed by atoms with van der Waals surface area (Å²) in [6, 6.07) is 3.50. The summed E-state index contributed by atoms with van der Waals surface area (Å²) in [4.78, 5) is 22.6. The van der Waals surface area contributed by atoms with Gasteiger partial charge in [-0.25, -0.2) is 12.7 Å². The second-order valence-corrected chi connectivity index (χ2v) is 8.10. The molecule has 0 unspecified atom stereocenters. The Labute approximate surface area is 152 Å². The highest BCUT2D eigenvalue weighted by atomic mass is 32.2. The number of non-ortho nitro benzene ring substituents is 1. The van der Waals surface area contributed by atoms with Crippen LogP contribution >= 0.6 is 0 Å². The topological polar surface area (TPSA) is 133 Å². The Morgan fingerprint density at radius 1 is 1.31 bits per heavy atom. The molecular weight excluding hydrogens is 362 g/mol. The molecule has 2 N–H and O–H groups in total. The predicted molar refractivity (Wildman–Crippen MR) is 96.6 cm³/mol. The summed E-state index contributed by atoms with van der Waals surface area (Å²) in [5, 5.41) is 11.1. The lowest BCUT2D eigenvalue weighted by Crippen LogP contribution is -2.40. The molecule has 0 spiro atoms. The van der Waals surface area contributed by atoms with Gasteiger partial charge in [0.1, 0.15) is 5.69 Å². The largest absolute Gasteiger partial charge is 0.488 e. The third kappa shape index (κ3) is 4.92. The van der Waals surface area contributed by atoms with E-state index in [1.807, 2.05) is 0 Å². The first-order valence-electron chi connectivity index (χ1n) is 8.42. The third-order valence-corrected chi connectivity index (χ3v) is 5.27. The molecule has 10 heteroatoms. The number of sulfonamides is 1. The van der Waals surface area contributed by atoms with E-state index < -0.39 is 27.4 Å². The SMILES string of the molecule is CS(=O)(=O)N(C(=O)CN)c1ccc([N+](=O)[O-])cc1OC1CCCCCC1. The number of benzene rings is 1. The fourth-order valence-corrected chi connectivity index (χ4v) is 3.95. The van der Waals surface area contributed by atoms with Gasteiger partial charge < -0.3 is 10.5 Å². The second kappa shape index (κ2) is 8.45. The summed E-state index contributed by atoms with van der Waals surface area (Å²) >= 11 is 0. The Bertz CT molecular complexity index is 772. The molecule has 1 aliphatic rings. The van der Waals surface area contributed by atoms with Gasteiger partial charge in [-0.05, 0) is 31.7 Å². The molecule has 1 amide bonds. The number of nitro benzene ring substituents is 1. The molecule has 0 aliphatic heterocycles. The van der Waals surface area contributed by atoms with Gasteiger partial charge in [0.25, 0.3) is 11.6 Å². The summed E-state index contributed by atoms with van der Waals surface area (Å²) in [6.45, 7) is -0.521. The molecule has 1 fully saturated rings. The Hall–Kier alpha value is -2.20. The van der Waals surface area contributed by atoms with Crippen LogP contribution in [0.15, 0.2) is 18.2 Å². The number of nitrogens with two attached hydrogens (primary N) is 1. The quantitative estimate of drug-likeness (QED) is 0.449. The van der Waals surface area contributed by atoms with Gasteiger partial charge in [-0.2, -0.15) is 0 Å². The monoisotopic (exact) mass is 385 g/mol. The minimum Gasteiger partial charge on any atom is -0.488 e. The second-order valence-electron chi connectivity index (χ2n) is 6.27. The summed E-state index contributed by atoms with van der Waals surface area (Å²) in [5.74, 6) is -0.842. The van der Waals surface area contributed by atoms with E-state index in [9.17, 15) is 23.3 Å². The van der Waals surface area contributed by atoms with Crippen LogP contribution in [0.3, 0.4) is 0 Å². The number of carbonyl (C=O) groups is 1. The van der Waals surface area contributed by atoms with Crippen LogP contribution in [0.1, 0.15) is 38.5 Å². The molecule has 1 aromatic rings. The van der Waals surface area contributed by atoms with Gasteiger partial charge in [0, 0.05) is 6.07 Å². The number of hydrogen-bond donors (Lipinski definition) is 1. The van der Waals surface area contributed by atoms with Crippen LogP contribution in [0, 0.1) is 10.1 Å². The van der Waals surface area contributed by atoms with Crippen LogP contribution in [-0.2, 0) is 14.8 Å². The number of hydrogen-bond acceptors (Lipinski definition) is 7. The lowest BCUT2D eigenvalue weighted by molar-refractivity contribution is -0.384. The Morgan fingerprint density at radius 3 is 2.42 bits per heavy atom. The van der Waals surface area contributed by atoms with Crippen molar-refractivity contribution in [3.63, 3.8) is 0 Å². The normalized spacial score (nSPS) is 15.9. The lowest BCUT2D eigenvalue weighted by Gasteiger charge is -2.25. The predicted octanol–water partition coefficient (Wildman–Crippen LogP) is 1.95. The molecule has 0 aromatic heterocycles. The first-order valence-corrected chi connectivity index (χ1v) is 10.3. The minimum absolute atomic E-state index is 0.00155. The average molecular weight is 385 g/mol. The summed E-state index contributed by atoms with van der Waals surface area (Å²) in [6.07, 6.45) is 6.33. The van der Waals surface area contributed by atoms with E-state index in [2.05, 4.69) is 0 Å². The highest BCUT2D eigenvalue weighted by Gasteiger charge is 2.29. The van der Waals surface area contributed by atoms with Crippen molar-refractivity contribution in [2.24, 2.45) is 5.73 Å². The van der Waals surface area contributed by atoms with Crippen molar-refractivity contribution in [2.45, 2.75) is 44.6 Å². The molecule has 144 valence electrons. The van der Waals surface area contributed by atoms with Crippen molar-refractivity contribution in [1.29, 1.82) is 0 Å². The highest BCUT2D eigenvalue weighted by molar-refractivity contribution is 7.92. The molecule has 9 nitrogen and oxygen atoms in total. The van der Waals surface area contributed by atoms with Crippen LogP contribution in [0.25, 0.3) is 0 Å². The van der Waals surface area contributed by atoms with Gasteiger partial charge in [-0.1, -0.05) is 12.8 Å². The molecule has 0 heterocycles. The van der Waals surface area contributed by atoms with Gasteiger partial charge in [0.15, 0.2) is 5.75 Å². The van der Waals surface area contributed by atoms with Gasteiger partial charge in [0.05, 0.1) is 29.9 Å². The number of rotatable bonds is 6. The zero-order valence-corrected chi connectivity index (χ0v) is 15.4. The maximum Gasteiger partial charge on any atom is 0.273 e. The van der Waals surface area contributed by atoms with Crippen LogP contribution in [0.5, 0.6) is 5.75 Å². The van der Waals surface area contributed by atoms with Crippen LogP contribution in [0.4, 0.5) is 11.4 Å². The first kappa shape index (κ1) is 20.1. The fraction of sp³-hybridized carbons (Fsp3) is 0.562. The third-order valence-electron chi connectivity index (χ3n) is 4.20. The van der Waals surface area contributed by atoms with E-state index >= 15 is 0 Å². The standard InChI is InChI=1S/C16H23N3O6S/c1-26(23,24)18(16(20)11-17)14-9-8-12(19(21)22)10-15(14)25-13-6-4-2-3-5-7-13/h8-10,13H,2-7,11,17H2,1H3. The zero-order valence-electron chi connectivity index (χ0n) is 14.6. The minimum atomic E-state index is -3.98. The van der Waals surface area contributed by atoms with E-state index in [1.165, 1.54) is 6.07 Å². The zero-order chi connectivity index (χ0) is 19.3. The number of carbonyl (C=O) groups excluding carboxylic acids is 1. The number of amides is 1. The smallest absolute Gasteiger partial charge is 0.273 e. The summed E-state index contributed by atoms with van der Waals surface area (Å²) in [7, 11) is -3.98. The van der Waals surface area contributed by atoms with E-state index in [4.69, 9.17) is 10.5 Å². The van der Waals surface area contributed by atoms with Crippen molar-refractivity contribution in [1.82, 2.24) is 0 Å². The highest BCUT2D eigenvalue weighted by Crippen LogP contribution is 2.36. The van der Waals surface area contributed by atoms with Crippen molar-refractivity contribution in [3.05, 3.63) is 28.3 Å². The van der Waals surface area contributed by atoms with E-state index in [1.54, 1.807) is 0 Å². The number of anilines is 1. The summed E-state index contributed by atoms with van der Waals surface area (Å²) in [5.41, 5.74) is 5.03. The van der Waals surface area contributed by atoms with Crippen LogP contribution < -0.4 is 14.8 Å². The number of nitro groups is 1. The van der Waals surface area contributed by atoms with Gasteiger partial charge >= 0.3 is 0 Å². The molecule has 0 radical (unpaired) electrons. The molecule has 1 aliphatic carbocycles. The molecule has 0 saturated heterocycles. The molecule has 1 saturated carbocycles. The van der Waals surface area contributed by atoms with Gasteiger partial charge in [0.2, 0.25) is 10.0 Å². The molecular formula is C16H23N3O6S. The maximum absolute atomic E-state index is 12.1. The van der Waals surface area contributed by atoms with Crippen molar-refractivity contribution < 1.29 is 22.9 Å². The Morgan fingerprint density at radius 2 is 1.92 bits per heavy atom. The fourth-order valence-electron chi connectivity index (χ4n) is 3.00. The van der Waals surface area contributed by atoms with E-state index in [-0.39, 0.29) is 23.2 Å². The number of nitrogens with zero attached hydrogens (tertiary/aromatic N) is 2. The number of ether oxygens (including phenoxy) is 1. The van der Waals surface area contributed by atoms with E-state index in [0.717, 1.165) is 56.9 Å². The Kier molecular flexibility index (Phi) is 6.54. The van der Waals surface area contributed by atoms with Crippen molar-refractivity contribution in [2.75, 3.05) is 17.1 Å². The lowest BCUT2D eigenvalue weighted by atomic mass is 10.1. The van der Waals surface area contributed by atoms with Gasteiger partial charge in [-0.3, -0.25) is 14.9 Å². The van der Waals surface area contributed by atoms with E-state index in [0.29, 0.717) is 4.31 Å².